The number of hydrogen-bond acceptors (Lipinski definition) is 14. The number of aliphatic hydroxyl groups is 7. The van der Waals surface area contributed by atoms with Crippen LogP contribution >= 0.6 is 0 Å². The summed E-state index contributed by atoms with van der Waals surface area (Å²) in [5.41, 5.74) is 0. The molecule has 11 unspecified atom stereocenters. The van der Waals surface area contributed by atoms with Gasteiger partial charge in [-0.1, -0.05) is 160 Å². The zero-order chi connectivity index (χ0) is 48.7. The van der Waals surface area contributed by atoms with Gasteiger partial charge in [-0.15, -0.1) is 0 Å². The Bertz CT molecular complexity index is 1200. The highest BCUT2D eigenvalue weighted by molar-refractivity contribution is 5.69. The van der Waals surface area contributed by atoms with Crippen LogP contribution < -0.4 is 0 Å². The van der Waals surface area contributed by atoms with Gasteiger partial charge in [0.05, 0.1) is 26.4 Å². The lowest BCUT2D eigenvalue weighted by molar-refractivity contribution is -0.332. The van der Waals surface area contributed by atoms with Gasteiger partial charge >= 0.3 is 5.97 Å². The Balaban J connectivity index is 1.75. The summed E-state index contributed by atoms with van der Waals surface area (Å²) in [6.45, 7) is 3.68. The van der Waals surface area contributed by atoms with Crippen molar-refractivity contribution in [3.63, 3.8) is 0 Å². The normalized spacial score (nSPS) is 26.2. The van der Waals surface area contributed by atoms with E-state index in [-0.39, 0.29) is 25.6 Å². The van der Waals surface area contributed by atoms with Crippen LogP contribution in [0.1, 0.15) is 206 Å². The Morgan fingerprint density at radius 3 is 1.36 bits per heavy atom. The van der Waals surface area contributed by atoms with Crippen molar-refractivity contribution in [3.05, 3.63) is 24.3 Å². The van der Waals surface area contributed by atoms with Gasteiger partial charge in [0.1, 0.15) is 54.9 Å². The van der Waals surface area contributed by atoms with Gasteiger partial charge in [0, 0.05) is 13.0 Å². The molecule has 0 bridgehead atoms. The van der Waals surface area contributed by atoms with E-state index in [9.17, 15) is 40.5 Å². The molecule has 0 aromatic heterocycles. The molecule has 2 fully saturated rings. The van der Waals surface area contributed by atoms with Crippen LogP contribution in [0.3, 0.4) is 0 Å². The van der Waals surface area contributed by atoms with Crippen LogP contribution in [0.5, 0.6) is 0 Å². The number of allylic oxidation sites excluding steroid dienone is 4. The van der Waals surface area contributed by atoms with Crippen LogP contribution in [0, 0.1) is 0 Å². The molecule has 0 spiro atoms. The fourth-order valence-corrected chi connectivity index (χ4v) is 8.51. The SMILES string of the molecule is CCCCCCC/C=C\CCCCCCCC(=O)OC(COCCCCCCCCCC/C=C\CCCCCCCCC)COC1OC(COC2OC(CO)C(O)C(O)C2O)C(O)C(O)C1O. The number of carbonyl (C=O) groups excluding carboxylic acids is 1. The molecule has 14 heteroatoms. The van der Waals surface area contributed by atoms with Crippen molar-refractivity contribution in [3.8, 4) is 0 Å². The summed E-state index contributed by atoms with van der Waals surface area (Å²) in [4.78, 5) is 13.0. The largest absolute Gasteiger partial charge is 0.457 e. The Hall–Kier alpha value is -1.53. The Kier molecular flexibility index (Phi) is 37.8. The maximum absolute atomic E-state index is 13.0. The monoisotopic (exact) mass is 959 g/mol. The van der Waals surface area contributed by atoms with Crippen molar-refractivity contribution in [1.82, 2.24) is 0 Å². The van der Waals surface area contributed by atoms with Crippen LogP contribution in [0.4, 0.5) is 0 Å². The van der Waals surface area contributed by atoms with Crippen LogP contribution in [-0.4, -0.2) is 142 Å². The van der Waals surface area contributed by atoms with Crippen molar-refractivity contribution in [2.24, 2.45) is 0 Å². The molecule has 0 saturated carbocycles. The van der Waals surface area contributed by atoms with Gasteiger partial charge in [0.15, 0.2) is 12.6 Å². The summed E-state index contributed by atoms with van der Waals surface area (Å²) in [5, 5.41) is 72.2. The molecule has 0 aromatic rings. The van der Waals surface area contributed by atoms with Gasteiger partial charge in [0.25, 0.3) is 0 Å². The predicted molar refractivity (Wildman–Crippen MR) is 261 cm³/mol. The fourth-order valence-electron chi connectivity index (χ4n) is 8.51. The number of rotatable bonds is 43. The van der Waals surface area contributed by atoms with Crippen molar-refractivity contribution in [2.45, 2.75) is 274 Å². The van der Waals surface area contributed by atoms with Gasteiger partial charge in [-0.2, -0.15) is 0 Å². The third-order valence-corrected chi connectivity index (χ3v) is 12.9. The van der Waals surface area contributed by atoms with Gasteiger partial charge in [-0.25, -0.2) is 0 Å². The highest BCUT2D eigenvalue weighted by atomic mass is 16.7. The topological polar surface area (TPSA) is 214 Å². The minimum atomic E-state index is -1.71. The van der Waals surface area contributed by atoms with Gasteiger partial charge in [-0.05, 0) is 64.2 Å². The van der Waals surface area contributed by atoms with Gasteiger partial charge < -0.3 is 64.2 Å². The molecule has 11 atom stereocenters. The molecule has 0 radical (unpaired) electrons. The molecule has 2 saturated heterocycles. The van der Waals surface area contributed by atoms with Crippen LogP contribution in [0.2, 0.25) is 0 Å². The van der Waals surface area contributed by atoms with Crippen molar-refractivity contribution in [2.75, 3.05) is 33.0 Å². The molecular formula is C53H98O14. The molecular weight excluding hydrogens is 861 g/mol. The Morgan fingerprint density at radius 2 is 0.881 bits per heavy atom. The van der Waals surface area contributed by atoms with E-state index in [4.69, 9.17) is 28.4 Å². The summed E-state index contributed by atoms with van der Waals surface area (Å²) in [6, 6.07) is 0. The zero-order valence-corrected chi connectivity index (χ0v) is 41.9. The summed E-state index contributed by atoms with van der Waals surface area (Å²) in [6.07, 6.45) is 28.1. The molecule has 14 nitrogen and oxygen atoms in total. The molecule has 7 N–H and O–H groups in total. The van der Waals surface area contributed by atoms with E-state index >= 15 is 0 Å². The summed E-state index contributed by atoms with van der Waals surface area (Å²) < 4.78 is 34.3. The molecule has 0 aromatic carbocycles. The first-order valence-corrected chi connectivity index (χ1v) is 26.9. The molecule has 0 amide bonds. The number of ether oxygens (including phenoxy) is 6. The third kappa shape index (κ3) is 28.8. The lowest BCUT2D eigenvalue weighted by Gasteiger charge is -2.42. The molecule has 0 aliphatic carbocycles. The first-order valence-electron chi connectivity index (χ1n) is 26.9. The fraction of sp³-hybridized carbons (Fsp3) is 0.906. The first kappa shape index (κ1) is 61.6. The minimum Gasteiger partial charge on any atom is -0.457 e. The second kappa shape index (κ2) is 41.1. The highest BCUT2D eigenvalue weighted by Gasteiger charge is 2.47. The minimum absolute atomic E-state index is 0.0587. The molecule has 2 heterocycles. The lowest BCUT2D eigenvalue weighted by Crippen LogP contribution is -2.61. The second-order valence-electron chi connectivity index (χ2n) is 19.0. The summed E-state index contributed by atoms with van der Waals surface area (Å²) in [5.74, 6) is -0.384. The molecule has 2 aliphatic heterocycles. The van der Waals surface area contributed by atoms with E-state index in [1.165, 1.54) is 122 Å². The standard InChI is InChI=1S/C53H98O14/c1-3-5-7-9-11-13-15-17-19-20-21-22-23-25-27-29-31-33-35-37-62-39-42(65-45(55)36-34-32-30-28-26-24-18-16-14-12-10-8-6-4-2)40-63-52-51(61)49(59)47(57)44(67-52)41-64-53-50(60)48(58)46(56)43(38-54)66-53/h16,18-20,42-44,46-54,56-61H,3-15,17,21-41H2,1-2H3/b18-16-,20-19-. The Morgan fingerprint density at radius 1 is 0.478 bits per heavy atom. The van der Waals surface area contributed by atoms with Crippen molar-refractivity contribution in [1.29, 1.82) is 0 Å². The van der Waals surface area contributed by atoms with E-state index in [0.29, 0.717) is 13.0 Å². The third-order valence-electron chi connectivity index (χ3n) is 12.9. The van der Waals surface area contributed by atoms with Crippen molar-refractivity contribution >= 4 is 5.97 Å². The molecule has 2 aliphatic rings. The Labute approximate surface area is 405 Å². The van der Waals surface area contributed by atoms with Crippen LogP contribution in [0.25, 0.3) is 0 Å². The highest BCUT2D eigenvalue weighted by Crippen LogP contribution is 2.26. The van der Waals surface area contributed by atoms with E-state index in [2.05, 4.69) is 38.2 Å². The maximum atomic E-state index is 13.0. The van der Waals surface area contributed by atoms with Gasteiger partial charge in [-0.3, -0.25) is 4.79 Å². The van der Waals surface area contributed by atoms with E-state index in [1.54, 1.807) is 0 Å². The number of aliphatic hydroxyl groups excluding tert-OH is 7. The number of carbonyl (C=O) groups is 1. The van der Waals surface area contributed by atoms with Crippen LogP contribution in [-0.2, 0) is 33.2 Å². The van der Waals surface area contributed by atoms with Gasteiger partial charge in [0.2, 0.25) is 0 Å². The van der Waals surface area contributed by atoms with E-state index in [0.717, 1.165) is 57.8 Å². The van der Waals surface area contributed by atoms with E-state index in [1.807, 2.05) is 0 Å². The number of unbranched alkanes of at least 4 members (excludes halogenated alkanes) is 25. The molecule has 67 heavy (non-hydrogen) atoms. The lowest BCUT2D eigenvalue weighted by atomic mass is 9.98. The summed E-state index contributed by atoms with van der Waals surface area (Å²) in [7, 11) is 0. The number of hydrogen-bond donors (Lipinski definition) is 7. The first-order chi connectivity index (χ1) is 32.6. The average molecular weight is 959 g/mol. The quantitative estimate of drug-likeness (QED) is 0.0174. The van der Waals surface area contributed by atoms with E-state index < -0.39 is 80.7 Å². The summed E-state index contributed by atoms with van der Waals surface area (Å²) >= 11 is 0. The van der Waals surface area contributed by atoms with Crippen LogP contribution in [0.15, 0.2) is 24.3 Å². The maximum Gasteiger partial charge on any atom is 0.306 e. The zero-order valence-electron chi connectivity index (χ0n) is 41.9. The average Bonchev–Trinajstić information content (AvgIpc) is 3.32. The molecule has 2 rings (SSSR count). The predicted octanol–water partition coefficient (Wildman–Crippen LogP) is 8.41. The molecule has 394 valence electrons. The number of esters is 1. The smallest absolute Gasteiger partial charge is 0.306 e. The second-order valence-corrected chi connectivity index (χ2v) is 19.0. The van der Waals surface area contributed by atoms with Crippen molar-refractivity contribution < 1.29 is 69.0 Å².